The molecule has 0 amide bonds. The molecular formula is C30H28N2O7. The Hall–Kier alpha value is -4.47. The number of nitrogens with one attached hydrogen (secondary N) is 1. The minimum Gasteiger partial charge on any atom is -0.459 e. The van der Waals surface area contributed by atoms with E-state index in [4.69, 9.17) is 18.9 Å². The average Bonchev–Trinajstić information content (AvgIpc) is 3.33. The second-order valence-electron chi connectivity index (χ2n) is 9.04. The van der Waals surface area contributed by atoms with Crippen LogP contribution >= 0.6 is 0 Å². The van der Waals surface area contributed by atoms with Gasteiger partial charge in [-0.05, 0) is 42.6 Å². The van der Waals surface area contributed by atoms with Crippen molar-refractivity contribution in [3.05, 3.63) is 120 Å². The number of benzene rings is 3. The van der Waals surface area contributed by atoms with Gasteiger partial charge >= 0.3 is 17.9 Å². The lowest BCUT2D eigenvalue weighted by molar-refractivity contribution is -0.101. The molecule has 3 aromatic rings. The number of carbonyl (C=O) groups is 3. The minimum absolute atomic E-state index is 0.215. The van der Waals surface area contributed by atoms with Crippen molar-refractivity contribution in [2.75, 3.05) is 19.8 Å². The Labute approximate surface area is 225 Å². The standard InChI is InChI=1S/C30H28N2O7/c33-28(21-11-4-1-5-12-21)36-19-24-25(38-29(34)22-13-6-2-7-14-22)26(27(37-24)32-18-10-17-31-20-32)39-30(35)23-15-8-3-9-16-23/h1-17,24-27,31H,18-20H2/t24-,25?,26?,27-/m1/s1. The Morgan fingerprint density at radius 1 is 0.744 bits per heavy atom. The van der Waals surface area contributed by atoms with Crippen molar-refractivity contribution in [3.63, 3.8) is 0 Å². The Kier molecular flexibility index (Phi) is 8.30. The van der Waals surface area contributed by atoms with Crippen molar-refractivity contribution < 1.29 is 33.3 Å². The number of esters is 3. The molecule has 0 saturated carbocycles. The maximum atomic E-state index is 13.1. The topological polar surface area (TPSA) is 103 Å². The molecule has 0 bridgehead atoms. The van der Waals surface area contributed by atoms with Gasteiger partial charge in [0, 0.05) is 6.54 Å². The van der Waals surface area contributed by atoms with Crippen LogP contribution in [0.2, 0.25) is 0 Å². The van der Waals surface area contributed by atoms with Crippen LogP contribution in [0.4, 0.5) is 0 Å². The van der Waals surface area contributed by atoms with Crippen LogP contribution in [-0.4, -0.2) is 67.2 Å². The van der Waals surface area contributed by atoms with Crippen LogP contribution in [0.15, 0.2) is 103 Å². The molecule has 3 aromatic carbocycles. The third-order valence-electron chi connectivity index (χ3n) is 6.41. The van der Waals surface area contributed by atoms with E-state index >= 15 is 0 Å². The molecule has 2 aliphatic heterocycles. The molecule has 9 nitrogen and oxygen atoms in total. The fraction of sp³-hybridized carbons (Fsp3) is 0.233. The van der Waals surface area contributed by atoms with E-state index in [0.29, 0.717) is 29.9 Å². The summed E-state index contributed by atoms with van der Waals surface area (Å²) in [6.45, 7) is 0.705. The minimum atomic E-state index is -1.05. The van der Waals surface area contributed by atoms with Gasteiger partial charge in [0.25, 0.3) is 0 Å². The normalized spacial score (nSPS) is 22.5. The highest BCUT2D eigenvalue weighted by atomic mass is 16.7. The fourth-order valence-corrected chi connectivity index (χ4v) is 4.45. The third-order valence-corrected chi connectivity index (χ3v) is 6.41. The largest absolute Gasteiger partial charge is 0.459 e. The zero-order valence-electron chi connectivity index (χ0n) is 21.1. The Bertz CT molecular complexity index is 1300. The zero-order chi connectivity index (χ0) is 27.0. The van der Waals surface area contributed by atoms with Crippen molar-refractivity contribution in [2.45, 2.75) is 24.5 Å². The van der Waals surface area contributed by atoms with Gasteiger partial charge in [0.2, 0.25) is 0 Å². The zero-order valence-corrected chi connectivity index (χ0v) is 21.1. The summed E-state index contributed by atoms with van der Waals surface area (Å²) in [5.74, 6) is -1.74. The molecule has 1 saturated heterocycles. The van der Waals surface area contributed by atoms with Crippen molar-refractivity contribution in [1.29, 1.82) is 0 Å². The quantitative estimate of drug-likeness (QED) is 0.348. The molecule has 0 aliphatic carbocycles. The van der Waals surface area contributed by atoms with Gasteiger partial charge in [-0.25, -0.2) is 14.4 Å². The summed E-state index contributed by atoms with van der Waals surface area (Å²) >= 11 is 0. The van der Waals surface area contributed by atoms with E-state index < -0.39 is 42.4 Å². The van der Waals surface area contributed by atoms with Crippen molar-refractivity contribution in [1.82, 2.24) is 10.2 Å². The Morgan fingerprint density at radius 2 is 1.26 bits per heavy atom. The molecule has 0 aromatic heterocycles. The van der Waals surface area contributed by atoms with E-state index in [0.717, 1.165) is 0 Å². The monoisotopic (exact) mass is 528 g/mol. The van der Waals surface area contributed by atoms with Crippen LogP contribution < -0.4 is 5.32 Å². The van der Waals surface area contributed by atoms with Crippen LogP contribution in [0, 0.1) is 0 Å². The molecule has 39 heavy (non-hydrogen) atoms. The first-order valence-corrected chi connectivity index (χ1v) is 12.6. The number of carbonyl (C=O) groups excluding carboxylic acids is 3. The average molecular weight is 529 g/mol. The van der Waals surface area contributed by atoms with Gasteiger partial charge in [0.1, 0.15) is 12.7 Å². The molecule has 0 spiro atoms. The van der Waals surface area contributed by atoms with Gasteiger partial charge in [-0.1, -0.05) is 60.7 Å². The van der Waals surface area contributed by atoms with Crippen LogP contribution in [-0.2, 0) is 18.9 Å². The molecule has 200 valence electrons. The molecule has 2 unspecified atom stereocenters. The summed E-state index contributed by atoms with van der Waals surface area (Å²) in [7, 11) is 0. The van der Waals surface area contributed by atoms with Crippen LogP contribution in [0.25, 0.3) is 0 Å². The second kappa shape index (κ2) is 12.4. The summed E-state index contributed by atoms with van der Waals surface area (Å²) in [4.78, 5) is 40.9. The molecule has 1 fully saturated rings. The Morgan fingerprint density at radius 3 is 1.77 bits per heavy atom. The summed E-state index contributed by atoms with van der Waals surface area (Å²) < 4.78 is 23.7. The molecule has 4 atom stereocenters. The lowest BCUT2D eigenvalue weighted by atomic mass is 10.1. The summed E-state index contributed by atoms with van der Waals surface area (Å²) in [5.41, 5.74) is 1.05. The smallest absolute Gasteiger partial charge is 0.338 e. The maximum absolute atomic E-state index is 13.1. The number of hydrogen-bond acceptors (Lipinski definition) is 9. The first-order valence-electron chi connectivity index (χ1n) is 12.6. The van der Waals surface area contributed by atoms with E-state index in [1.165, 1.54) is 0 Å². The number of rotatable bonds is 8. The van der Waals surface area contributed by atoms with E-state index in [9.17, 15) is 14.4 Å². The highest BCUT2D eigenvalue weighted by Crippen LogP contribution is 2.31. The molecule has 2 aliphatic rings. The van der Waals surface area contributed by atoms with Crippen molar-refractivity contribution in [3.8, 4) is 0 Å². The number of nitrogens with zero attached hydrogens (tertiary/aromatic N) is 1. The second-order valence-corrected chi connectivity index (χ2v) is 9.04. The number of hydrogen-bond donors (Lipinski definition) is 1. The highest BCUT2D eigenvalue weighted by molar-refractivity contribution is 5.91. The van der Waals surface area contributed by atoms with Crippen LogP contribution in [0.3, 0.4) is 0 Å². The fourth-order valence-electron chi connectivity index (χ4n) is 4.45. The predicted molar refractivity (Wildman–Crippen MR) is 141 cm³/mol. The summed E-state index contributed by atoms with van der Waals surface area (Å²) in [6.07, 6.45) is 0.00180. The van der Waals surface area contributed by atoms with E-state index in [-0.39, 0.29) is 6.61 Å². The molecular weight excluding hydrogens is 500 g/mol. The van der Waals surface area contributed by atoms with Crippen molar-refractivity contribution >= 4 is 17.9 Å². The Balaban J connectivity index is 1.42. The van der Waals surface area contributed by atoms with Crippen LogP contribution in [0.1, 0.15) is 31.1 Å². The van der Waals surface area contributed by atoms with Crippen molar-refractivity contribution in [2.24, 2.45) is 0 Å². The molecule has 2 heterocycles. The van der Waals surface area contributed by atoms with Gasteiger partial charge in [-0.3, -0.25) is 4.90 Å². The first-order chi connectivity index (χ1) is 19.1. The molecule has 0 radical (unpaired) electrons. The SMILES string of the molecule is O=C(OC[C@H]1O[C@@H](N2CC=CNC2)C(OC(=O)c2ccccc2)C1OC(=O)c1ccccc1)c1ccccc1. The third kappa shape index (κ3) is 6.34. The first kappa shape index (κ1) is 26.1. The maximum Gasteiger partial charge on any atom is 0.338 e. The van der Waals surface area contributed by atoms with Gasteiger partial charge in [-0.15, -0.1) is 0 Å². The van der Waals surface area contributed by atoms with E-state index in [2.05, 4.69) is 5.32 Å². The van der Waals surface area contributed by atoms with Gasteiger partial charge in [-0.2, -0.15) is 0 Å². The highest BCUT2D eigenvalue weighted by Gasteiger charge is 2.52. The van der Waals surface area contributed by atoms with E-state index in [1.807, 2.05) is 17.2 Å². The molecule has 5 rings (SSSR count). The summed E-state index contributed by atoms with van der Waals surface area (Å²) in [5, 5.41) is 3.12. The lowest BCUT2D eigenvalue weighted by Gasteiger charge is -2.33. The predicted octanol–water partition coefficient (Wildman–Crippen LogP) is 3.40. The van der Waals surface area contributed by atoms with E-state index in [1.54, 1.807) is 91.0 Å². The van der Waals surface area contributed by atoms with Gasteiger partial charge in [0.05, 0.1) is 23.4 Å². The number of ether oxygens (including phenoxy) is 4. The van der Waals surface area contributed by atoms with Crippen LogP contribution in [0.5, 0.6) is 0 Å². The summed E-state index contributed by atoms with van der Waals surface area (Å²) in [6, 6.07) is 25.6. The van der Waals surface area contributed by atoms with Gasteiger partial charge < -0.3 is 24.3 Å². The van der Waals surface area contributed by atoms with Gasteiger partial charge in [0.15, 0.2) is 18.4 Å². The molecule has 1 N–H and O–H groups in total. The lowest BCUT2D eigenvalue weighted by Crippen LogP contribution is -2.51. The molecule has 9 heteroatoms.